The summed E-state index contributed by atoms with van der Waals surface area (Å²) in [6.07, 6.45) is 0. The average molecular weight is 234 g/mol. The molecule has 0 bridgehead atoms. The van der Waals surface area contributed by atoms with Crippen LogP contribution in [0.2, 0.25) is 0 Å². The summed E-state index contributed by atoms with van der Waals surface area (Å²) < 4.78 is 0.750. The van der Waals surface area contributed by atoms with E-state index in [1.54, 1.807) is 7.05 Å². The Hall–Kier alpha value is 0.534. The molecule has 0 aliphatic carbocycles. The van der Waals surface area contributed by atoms with Crippen molar-refractivity contribution < 1.29 is 42.0 Å². The Labute approximate surface area is 94.0 Å². The molecule has 0 saturated carbocycles. The van der Waals surface area contributed by atoms with Crippen molar-refractivity contribution in [2.45, 2.75) is 6.92 Å². The molecule has 0 spiro atoms. The standard InChI is InChI=1S/C7H16N2O.Y/c1-5-9(3,4)6-7(10)8-2;/h5-6H2,1-4H3;/p+1. The van der Waals surface area contributed by atoms with Gasteiger partial charge in [0.2, 0.25) is 0 Å². The van der Waals surface area contributed by atoms with E-state index in [2.05, 4.69) is 12.2 Å². The SMILES string of the molecule is CC[N+](C)(C)CC(=O)NC.[Y]. The fourth-order valence-corrected chi connectivity index (χ4v) is 0.580. The number of hydrogen-bond acceptors (Lipinski definition) is 1. The molecule has 0 aliphatic heterocycles. The summed E-state index contributed by atoms with van der Waals surface area (Å²) in [6, 6.07) is 0. The molecule has 1 N–H and O–H groups in total. The van der Waals surface area contributed by atoms with Gasteiger partial charge in [-0.15, -0.1) is 0 Å². The van der Waals surface area contributed by atoms with E-state index < -0.39 is 0 Å². The number of amides is 1. The molecule has 0 fully saturated rings. The number of rotatable bonds is 3. The minimum absolute atomic E-state index is 0. The number of hydrogen-bond donors (Lipinski definition) is 1. The molecule has 63 valence electrons. The third-order valence-electron chi connectivity index (χ3n) is 1.71. The van der Waals surface area contributed by atoms with Gasteiger partial charge in [-0.2, -0.15) is 0 Å². The normalized spacial score (nSPS) is 10.2. The number of carbonyl (C=O) groups is 1. The van der Waals surface area contributed by atoms with Crippen LogP contribution in [-0.4, -0.2) is 44.6 Å². The third-order valence-corrected chi connectivity index (χ3v) is 1.71. The van der Waals surface area contributed by atoms with Gasteiger partial charge in [0.25, 0.3) is 5.91 Å². The molecule has 1 amide bonds. The Bertz CT molecular complexity index is 126. The van der Waals surface area contributed by atoms with Crippen LogP contribution in [0.3, 0.4) is 0 Å². The van der Waals surface area contributed by atoms with E-state index in [1.165, 1.54) is 0 Å². The molecule has 3 nitrogen and oxygen atoms in total. The molecular formula is C7H17N2OY+. The second kappa shape index (κ2) is 6.09. The van der Waals surface area contributed by atoms with Gasteiger partial charge in [-0.05, 0) is 6.92 Å². The van der Waals surface area contributed by atoms with Crippen LogP contribution in [0.25, 0.3) is 0 Å². The molecule has 0 atom stereocenters. The second-order valence-corrected chi connectivity index (χ2v) is 3.08. The second-order valence-electron chi connectivity index (χ2n) is 3.08. The summed E-state index contributed by atoms with van der Waals surface area (Å²) >= 11 is 0. The van der Waals surface area contributed by atoms with Crippen molar-refractivity contribution >= 4 is 5.91 Å². The summed E-state index contributed by atoms with van der Waals surface area (Å²) in [7, 11) is 5.74. The van der Waals surface area contributed by atoms with Gasteiger partial charge >= 0.3 is 0 Å². The fraction of sp³-hybridized carbons (Fsp3) is 0.857. The smallest absolute Gasteiger partial charge is 0.274 e. The monoisotopic (exact) mass is 234 g/mol. The van der Waals surface area contributed by atoms with Crippen molar-refractivity contribution in [2.75, 3.05) is 34.2 Å². The van der Waals surface area contributed by atoms with Crippen LogP contribution in [0.1, 0.15) is 6.92 Å². The molecular weight excluding hydrogens is 217 g/mol. The Kier molecular flexibility index (Phi) is 7.80. The van der Waals surface area contributed by atoms with E-state index in [-0.39, 0.29) is 38.6 Å². The molecule has 0 aromatic heterocycles. The van der Waals surface area contributed by atoms with Crippen LogP contribution in [0.4, 0.5) is 0 Å². The summed E-state index contributed by atoms with van der Waals surface area (Å²) in [4.78, 5) is 10.9. The van der Waals surface area contributed by atoms with Gasteiger partial charge in [0.05, 0.1) is 20.6 Å². The fourth-order valence-electron chi connectivity index (χ4n) is 0.580. The van der Waals surface area contributed by atoms with Gasteiger partial charge in [0.1, 0.15) is 0 Å². The van der Waals surface area contributed by atoms with Crippen molar-refractivity contribution in [3.05, 3.63) is 0 Å². The van der Waals surface area contributed by atoms with E-state index in [9.17, 15) is 4.79 Å². The van der Waals surface area contributed by atoms with Crippen molar-refractivity contribution in [3.63, 3.8) is 0 Å². The van der Waals surface area contributed by atoms with E-state index in [4.69, 9.17) is 0 Å². The van der Waals surface area contributed by atoms with Crippen LogP contribution in [0.5, 0.6) is 0 Å². The Morgan fingerprint density at radius 1 is 1.45 bits per heavy atom. The molecule has 0 rings (SSSR count). The van der Waals surface area contributed by atoms with Gasteiger partial charge in [0.15, 0.2) is 6.54 Å². The summed E-state index contributed by atoms with van der Waals surface area (Å²) in [5.41, 5.74) is 0. The maximum Gasteiger partial charge on any atom is 0.274 e. The first-order valence-electron chi connectivity index (χ1n) is 3.54. The first kappa shape index (κ1) is 14.1. The Balaban J connectivity index is 0. The van der Waals surface area contributed by atoms with Crippen LogP contribution >= 0.6 is 0 Å². The summed E-state index contributed by atoms with van der Waals surface area (Å²) in [5, 5.41) is 2.60. The van der Waals surface area contributed by atoms with Crippen LogP contribution < -0.4 is 5.32 Å². The van der Waals surface area contributed by atoms with Crippen molar-refractivity contribution in [1.29, 1.82) is 0 Å². The Morgan fingerprint density at radius 2 is 1.91 bits per heavy atom. The maximum atomic E-state index is 10.9. The quantitative estimate of drug-likeness (QED) is 0.675. The van der Waals surface area contributed by atoms with E-state index in [1.807, 2.05) is 14.1 Å². The average Bonchev–Trinajstić information content (AvgIpc) is 1.87. The summed E-state index contributed by atoms with van der Waals surface area (Å²) in [6.45, 7) is 3.61. The molecule has 0 unspecified atom stereocenters. The predicted octanol–water partition coefficient (Wildman–Crippen LogP) is -0.174. The zero-order chi connectivity index (χ0) is 8.20. The van der Waals surface area contributed by atoms with E-state index >= 15 is 0 Å². The number of quaternary nitrogens is 1. The molecule has 0 aromatic rings. The zero-order valence-corrected chi connectivity index (χ0v) is 10.7. The minimum atomic E-state index is 0. The molecule has 0 aliphatic rings. The van der Waals surface area contributed by atoms with Gasteiger partial charge in [-0.25, -0.2) is 0 Å². The molecule has 1 radical (unpaired) electrons. The first-order chi connectivity index (χ1) is 4.52. The largest absolute Gasteiger partial charge is 0.354 e. The predicted molar refractivity (Wildman–Crippen MR) is 41.6 cm³/mol. The molecule has 0 heterocycles. The Morgan fingerprint density at radius 3 is 2.18 bits per heavy atom. The molecule has 4 heteroatoms. The molecule has 0 aromatic carbocycles. The third kappa shape index (κ3) is 6.91. The van der Waals surface area contributed by atoms with Gasteiger partial charge in [0, 0.05) is 39.8 Å². The number of nitrogens with zero attached hydrogens (tertiary/aromatic N) is 1. The minimum Gasteiger partial charge on any atom is -0.354 e. The van der Waals surface area contributed by atoms with Crippen molar-refractivity contribution in [1.82, 2.24) is 5.32 Å². The zero-order valence-electron chi connectivity index (χ0n) is 7.85. The van der Waals surface area contributed by atoms with Crippen molar-refractivity contribution in [3.8, 4) is 0 Å². The van der Waals surface area contributed by atoms with Crippen LogP contribution in [-0.2, 0) is 37.5 Å². The van der Waals surface area contributed by atoms with Crippen LogP contribution in [0, 0.1) is 0 Å². The number of nitrogens with one attached hydrogen (secondary N) is 1. The summed E-state index contributed by atoms with van der Waals surface area (Å²) in [5.74, 6) is 0.104. The number of likely N-dealkylation sites (N-methyl/N-ethyl adjacent to an activating group) is 2. The molecule has 0 saturated heterocycles. The van der Waals surface area contributed by atoms with Crippen LogP contribution in [0.15, 0.2) is 0 Å². The topological polar surface area (TPSA) is 29.1 Å². The van der Waals surface area contributed by atoms with Gasteiger partial charge in [-0.3, -0.25) is 4.79 Å². The molecule has 11 heavy (non-hydrogen) atoms. The first-order valence-corrected chi connectivity index (χ1v) is 3.54. The van der Waals surface area contributed by atoms with Gasteiger partial charge < -0.3 is 9.80 Å². The van der Waals surface area contributed by atoms with E-state index in [0.717, 1.165) is 11.0 Å². The van der Waals surface area contributed by atoms with Gasteiger partial charge in [-0.1, -0.05) is 0 Å². The maximum absolute atomic E-state index is 10.9. The number of carbonyl (C=O) groups excluding carboxylic acids is 1. The van der Waals surface area contributed by atoms with Crippen molar-refractivity contribution in [2.24, 2.45) is 0 Å². The van der Waals surface area contributed by atoms with E-state index in [0.29, 0.717) is 6.54 Å².